The number of nitrogens with zero attached hydrogens (tertiary/aromatic N) is 1. The van der Waals surface area contributed by atoms with Crippen molar-refractivity contribution in [1.82, 2.24) is 4.90 Å². The molecule has 0 spiro atoms. The number of hydrogen-bond donors (Lipinski definition) is 1. The molecule has 1 aliphatic heterocycles. The number of benzene rings is 1. The molecule has 102 valence electrons. The lowest BCUT2D eigenvalue weighted by Crippen LogP contribution is -2.39. The van der Waals surface area contributed by atoms with Crippen molar-refractivity contribution in [2.75, 3.05) is 19.6 Å². The largest absolute Gasteiger partial charge is 0.320 e. The summed E-state index contributed by atoms with van der Waals surface area (Å²) in [5.74, 6) is 6.01. The Labute approximate surface area is 120 Å². The summed E-state index contributed by atoms with van der Waals surface area (Å²) in [7, 11) is 0. The van der Waals surface area contributed by atoms with Crippen LogP contribution in [0.3, 0.4) is 0 Å². The normalized spacial score (nSPS) is 23.7. The molecule has 3 heteroatoms. The molecule has 19 heavy (non-hydrogen) atoms. The fourth-order valence-corrected chi connectivity index (χ4v) is 3.96. The molecule has 2 nitrogen and oxygen atoms in total. The third-order valence-corrected chi connectivity index (χ3v) is 4.39. The SMILES string of the molecule is CC1CN(Cc2cccc(C#CCN)c2)CC(C)S1. The van der Waals surface area contributed by atoms with Crippen LogP contribution in [0.5, 0.6) is 0 Å². The maximum Gasteiger partial charge on any atom is 0.0555 e. The lowest BCUT2D eigenvalue weighted by molar-refractivity contribution is 0.263. The smallest absolute Gasteiger partial charge is 0.0555 e. The third-order valence-electron chi connectivity index (χ3n) is 3.16. The Morgan fingerprint density at radius 2 is 2.05 bits per heavy atom. The van der Waals surface area contributed by atoms with E-state index in [1.165, 1.54) is 18.7 Å². The van der Waals surface area contributed by atoms with Gasteiger partial charge in [0.25, 0.3) is 0 Å². The second-order valence-corrected chi connectivity index (χ2v) is 7.04. The fraction of sp³-hybridized carbons (Fsp3) is 0.500. The molecule has 0 aliphatic carbocycles. The summed E-state index contributed by atoms with van der Waals surface area (Å²) in [6.07, 6.45) is 0. The minimum Gasteiger partial charge on any atom is -0.320 e. The molecule has 1 heterocycles. The first-order chi connectivity index (χ1) is 9.17. The van der Waals surface area contributed by atoms with Crippen LogP contribution < -0.4 is 5.73 Å². The van der Waals surface area contributed by atoms with Gasteiger partial charge in [-0.3, -0.25) is 4.90 Å². The van der Waals surface area contributed by atoms with Gasteiger partial charge < -0.3 is 5.73 Å². The molecule has 1 saturated heterocycles. The van der Waals surface area contributed by atoms with Gasteiger partial charge in [0, 0.05) is 35.7 Å². The molecule has 0 amide bonds. The van der Waals surface area contributed by atoms with Gasteiger partial charge in [0.2, 0.25) is 0 Å². The predicted octanol–water partition coefficient (Wildman–Crippen LogP) is 2.32. The monoisotopic (exact) mass is 274 g/mol. The van der Waals surface area contributed by atoms with E-state index >= 15 is 0 Å². The Bertz CT molecular complexity index is 465. The highest BCUT2D eigenvalue weighted by molar-refractivity contribution is 8.00. The Morgan fingerprint density at radius 3 is 2.74 bits per heavy atom. The lowest BCUT2D eigenvalue weighted by Gasteiger charge is -2.34. The lowest BCUT2D eigenvalue weighted by atomic mass is 10.1. The van der Waals surface area contributed by atoms with Crippen LogP contribution in [-0.2, 0) is 6.54 Å². The highest BCUT2D eigenvalue weighted by Crippen LogP contribution is 2.25. The molecule has 1 fully saturated rings. The van der Waals surface area contributed by atoms with Crippen molar-refractivity contribution in [3.05, 3.63) is 35.4 Å². The quantitative estimate of drug-likeness (QED) is 0.839. The Balaban J connectivity index is 2.02. The zero-order chi connectivity index (χ0) is 13.7. The molecule has 1 aromatic rings. The summed E-state index contributed by atoms with van der Waals surface area (Å²) in [5.41, 5.74) is 7.82. The summed E-state index contributed by atoms with van der Waals surface area (Å²) < 4.78 is 0. The molecule has 0 aromatic heterocycles. The van der Waals surface area contributed by atoms with E-state index in [9.17, 15) is 0 Å². The molecule has 1 aliphatic rings. The van der Waals surface area contributed by atoms with E-state index in [1.54, 1.807) is 0 Å². The first-order valence-corrected chi connectivity index (χ1v) is 7.77. The van der Waals surface area contributed by atoms with Crippen LogP contribution in [0.2, 0.25) is 0 Å². The van der Waals surface area contributed by atoms with Gasteiger partial charge in [0.05, 0.1) is 6.54 Å². The molecule has 1 aromatic carbocycles. The maximum absolute atomic E-state index is 5.41. The topological polar surface area (TPSA) is 29.3 Å². The molecule has 0 bridgehead atoms. The van der Waals surface area contributed by atoms with E-state index in [4.69, 9.17) is 5.73 Å². The summed E-state index contributed by atoms with van der Waals surface area (Å²) >= 11 is 2.09. The Hall–Kier alpha value is -0.950. The average molecular weight is 274 g/mol. The number of hydrogen-bond acceptors (Lipinski definition) is 3. The summed E-state index contributed by atoms with van der Waals surface area (Å²) in [4.78, 5) is 2.54. The highest BCUT2D eigenvalue weighted by atomic mass is 32.2. The van der Waals surface area contributed by atoms with E-state index < -0.39 is 0 Å². The van der Waals surface area contributed by atoms with Gasteiger partial charge >= 0.3 is 0 Å². The standard InChI is InChI=1S/C16H22N2S/c1-13-10-18(11-14(2)19-13)12-16-6-3-5-15(9-16)7-4-8-17/h3,5-6,9,13-14H,8,10-12,17H2,1-2H3. The average Bonchev–Trinajstić information content (AvgIpc) is 2.35. The van der Waals surface area contributed by atoms with Crippen molar-refractivity contribution in [3.63, 3.8) is 0 Å². The van der Waals surface area contributed by atoms with Gasteiger partial charge in [-0.25, -0.2) is 0 Å². The van der Waals surface area contributed by atoms with E-state index in [0.717, 1.165) is 22.6 Å². The van der Waals surface area contributed by atoms with Crippen LogP contribution in [0.15, 0.2) is 24.3 Å². The zero-order valence-corrected chi connectivity index (χ0v) is 12.5. The second-order valence-electron chi connectivity index (χ2n) is 5.16. The van der Waals surface area contributed by atoms with E-state index in [2.05, 4.69) is 60.5 Å². The van der Waals surface area contributed by atoms with Crippen LogP contribution in [0.25, 0.3) is 0 Å². The third kappa shape index (κ3) is 4.58. The first-order valence-electron chi connectivity index (χ1n) is 6.83. The first kappa shape index (κ1) is 14.5. The van der Waals surface area contributed by atoms with Crippen molar-refractivity contribution in [3.8, 4) is 11.8 Å². The van der Waals surface area contributed by atoms with Gasteiger partial charge in [0.15, 0.2) is 0 Å². The number of nitrogens with two attached hydrogens (primary N) is 1. The van der Waals surface area contributed by atoms with Gasteiger partial charge in [-0.2, -0.15) is 11.8 Å². The summed E-state index contributed by atoms with van der Waals surface area (Å²) in [6.45, 7) is 8.42. The fourth-order valence-electron chi connectivity index (χ4n) is 2.57. The van der Waals surface area contributed by atoms with Crippen LogP contribution >= 0.6 is 11.8 Å². The van der Waals surface area contributed by atoms with Crippen molar-refractivity contribution >= 4 is 11.8 Å². The van der Waals surface area contributed by atoms with Gasteiger partial charge in [-0.05, 0) is 17.7 Å². The molecular weight excluding hydrogens is 252 g/mol. The van der Waals surface area contributed by atoms with Crippen LogP contribution in [0, 0.1) is 11.8 Å². The van der Waals surface area contributed by atoms with E-state index in [0.29, 0.717) is 6.54 Å². The molecule has 2 rings (SSSR count). The van der Waals surface area contributed by atoms with E-state index in [1.807, 2.05) is 6.07 Å². The number of rotatable bonds is 2. The van der Waals surface area contributed by atoms with Crippen LogP contribution in [0.4, 0.5) is 0 Å². The highest BCUT2D eigenvalue weighted by Gasteiger charge is 2.21. The molecular formula is C16H22N2S. The van der Waals surface area contributed by atoms with Crippen LogP contribution in [0.1, 0.15) is 25.0 Å². The minimum absolute atomic E-state index is 0.419. The summed E-state index contributed by atoms with van der Waals surface area (Å²) in [5, 5.41) is 1.45. The zero-order valence-electron chi connectivity index (χ0n) is 11.7. The minimum atomic E-state index is 0.419. The molecule has 0 radical (unpaired) electrons. The van der Waals surface area contributed by atoms with Crippen molar-refractivity contribution in [2.24, 2.45) is 5.73 Å². The molecule has 2 atom stereocenters. The Morgan fingerprint density at radius 1 is 1.32 bits per heavy atom. The maximum atomic E-state index is 5.41. The summed E-state index contributed by atoms with van der Waals surface area (Å²) in [6, 6.07) is 8.50. The van der Waals surface area contributed by atoms with Gasteiger partial charge in [0.1, 0.15) is 0 Å². The van der Waals surface area contributed by atoms with Crippen molar-refractivity contribution in [1.29, 1.82) is 0 Å². The van der Waals surface area contributed by atoms with Crippen molar-refractivity contribution in [2.45, 2.75) is 30.9 Å². The molecule has 2 unspecified atom stereocenters. The van der Waals surface area contributed by atoms with Crippen LogP contribution in [-0.4, -0.2) is 35.0 Å². The Kier molecular flexibility index (Phi) is 5.33. The van der Waals surface area contributed by atoms with E-state index in [-0.39, 0.29) is 0 Å². The van der Waals surface area contributed by atoms with Gasteiger partial charge in [-0.1, -0.05) is 37.8 Å². The molecule has 2 N–H and O–H groups in total. The number of thioether (sulfide) groups is 1. The second kappa shape index (κ2) is 7.00. The van der Waals surface area contributed by atoms with Crippen molar-refractivity contribution < 1.29 is 0 Å². The van der Waals surface area contributed by atoms with Gasteiger partial charge in [-0.15, -0.1) is 0 Å². The predicted molar refractivity (Wildman–Crippen MR) is 84.2 cm³/mol. The molecule has 0 saturated carbocycles.